The summed E-state index contributed by atoms with van der Waals surface area (Å²) in [6.45, 7) is 5.17. The Morgan fingerprint density at radius 2 is 1.91 bits per heavy atom. The van der Waals surface area contributed by atoms with Crippen molar-refractivity contribution in [3.8, 4) is 6.07 Å². The van der Waals surface area contributed by atoms with E-state index in [2.05, 4.69) is 55.6 Å². The summed E-state index contributed by atoms with van der Waals surface area (Å²) in [7, 11) is 1.89. The van der Waals surface area contributed by atoms with Gasteiger partial charge in [-0.1, -0.05) is 54.6 Å². The van der Waals surface area contributed by atoms with Crippen LogP contribution in [0.3, 0.4) is 0 Å². The van der Waals surface area contributed by atoms with Crippen LogP contribution in [0.15, 0.2) is 66.7 Å². The lowest BCUT2D eigenvalue weighted by atomic mass is 9.68. The molecule has 3 unspecified atom stereocenters. The molecule has 1 saturated heterocycles. The Labute approximate surface area is 190 Å². The van der Waals surface area contributed by atoms with Crippen molar-refractivity contribution in [2.75, 3.05) is 13.6 Å². The summed E-state index contributed by atoms with van der Waals surface area (Å²) in [6, 6.07) is 24.9. The number of benzene rings is 3. The van der Waals surface area contributed by atoms with Crippen LogP contribution in [0.1, 0.15) is 55.8 Å². The first-order valence-electron chi connectivity index (χ1n) is 11.4. The minimum atomic E-state index is -0.159. The average Bonchev–Trinajstić information content (AvgIpc) is 2.82. The number of amides is 1. The van der Waals surface area contributed by atoms with E-state index in [-0.39, 0.29) is 17.4 Å². The van der Waals surface area contributed by atoms with Gasteiger partial charge in [0.15, 0.2) is 0 Å². The molecule has 1 N–H and O–H groups in total. The highest BCUT2D eigenvalue weighted by Gasteiger charge is 2.39. The minimum Gasteiger partial charge on any atom is -0.339 e. The Balaban J connectivity index is 1.65. The topological polar surface area (TPSA) is 56.1 Å². The predicted octanol–water partition coefficient (Wildman–Crippen LogP) is 5.33. The smallest absolute Gasteiger partial charge is 0.223 e. The molecule has 32 heavy (non-hydrogen) atoms. The summed E-state index contributed by atoms with van der Waals surface area (Å²) >= 11 is 0. The fourth-order valence-electron chi connectivity index (χ4n) is 5.22. The van der Waals surface area contributed by atoms with Crippen molar-refractivity contribution >= 4 is 16.7 Å². The quantitative estimate of drug-likeness (QED) is 0.601. The van der Waals surface area contributed by atoms with Crippen LogP contribution in [0.25, 0.3) is 10.8 Å². The van der Waals surface area contributed by atoms with E-state index >= 15 is 0 Å². The molecule has 1 aliphatic heterocycles. The zero-order valence-electron chi connectivity index (χ0n) is 19.1. The molecule has 3 aromatic rings. The van der Waals surface area contributed by atoms with Gasteiger partial charge in [-0.05, 0) is 67.3 Å². The maximum absolute atomic E-state index is 13.6. The molecule has 0 spiro atoms. The first-order valence-corrected chi connectivity index (χ1v) is 11.4. The molecule has 1 amide bonds. The molecule has 164 valence electrons. The number of nitrogens with zero attached hydrogens (tertiary/aromatic N) is 2. The lowest BCUT2D eigenvalue weighted by Gasteiger charge is -2.42. The second-order valence-corrected chi connectivity index (χ2v) is 9.21. The van der Waals surface area contributed by atoms with Crippen LogP contribution in [-0.2, 0) is 10.2 Å². The maximum Gasteiger partial charge on any atom is 0.223 e. The lowest BCUT2D eigenvalue weighted by molar-refractivity contribution is -0.133. The third kappa shape index (κ3) is 4.26. The first kappa shape index (κ1) is 22.0. The summed E-state index contributed by atoms with van der Waals surface area (Å²) in [4.78, 5) is 15.5. The monoisotopic (exact) mass is 425 g/mol. The lowest BCUT2D eigenvalue weighted by Crippen LogP contribution is -2.47. The number of nitriles is 1. The van der Waals surface area contributed by atoms with Crippen molar-refractivity contribution in [3.63, 3.8) is 0 Å². The second-order valence-electron chi connectivity index (χ2n) is 9.21. The molecule has 1 heterocycles. The van der Waals surface area contributed by atoms with Crippen LogP contribution < -0.4 is 5.32 Å². The molecule has 3 aromatic carbocycles. The molecular weight excluding hydrogens is 394 g/mol. The molecule has 4 nitrogen and oxygen atoms in total. The number of hydrogen-bond acceptors (Lipinski definition) is 3. The van der Waals surface area contributed by atoms with Crippen LogP contribution >= 0.6 is 0 Å². The third-order valence-electron chi connectivity index (χ3n) is 7.12. The maximum atomic E-state index is 13.6. The van der Waals surface area contributed by atoms with Gasteiger partial charge in [-0.15, -0.1) is 0 Å². The molecule has 4 rings (SSSR count). The van der Waals surface area contributed by atoms with Gasteiger partial charge >= 0.3 is 0 Å². The first-order chi connectivity index (χ1) is 15.4. The summed E-state index contributed by atoms with van der Waals surface area (Å²) < 4.78 is 0. The van der Waals surface area contributed by atoms with Crippen molar-refractivity contribution in [3.05, 3.63) is 83.4 Å². The summed E-state index contributed by atoms with van der Waals surface area (Å²) in [5, 5.41) is 15.2. The Morgan fingerprint density at radius 3 is 2.62 bits per heavy atom. The van der Waals surface area contributed by atoms with E-state index in [0.717, 1.165) is 35.7 Å². The summed E-state index contributed by atoms with van der Waals surface area (Å²) in [5.41, 5.74) is 2.73. The molecule has 1 fully saturated rings. The average molecular weight is 426 g/mol. The highest BCUT2D eigenvalue weighted by molar-refractivity contribution is 5.88. The van der Waals surface area contributed by atoms with Gasteiger partial charge in [-0.2, -0.15) is 5.26 Å². The Hall–Kier alpha value is -3.16. The fraction of sp³-hybridized carbons (Fsp3) is 0.357. The summed E-state index contributed by atoms with van der Waals surface area (Å²) in [5.74, 6) is 0.141. The number of hydrogen-bond donors (Lipinski definition) is 1. The number of carbonyl (C=O) groups is 1. The van der Waals surface area contributed by atoms with Gasteiger partial charge in [0, 0.05) is 24.9 Å². The van der Waals surface area contributed by atoms with Gasteiger partial charge in [-0.25, -0.2) is 0 Å². The van der Waals surface area contributed by atoms with Crippen molar-refractivity contribution in [2.45, 2.75) is 50.6 Å². The predicted molar refractivity (Wildman–Crippen MR) is 129 cm³/mol. The van der Waals surface area contributed by atoms with E-state index in [1.165, 1.54) is 5.56 Å². The van der Waals surface area contributed by atoms with Crippen LogP contribution in [0.2, 0.25) is 0 Å². The molecule has 1 aliphatic rings. The zero-order chi connectivity index (χ0) is 22.7. The van der Waals surface area contributed by atoms with Gasteiger partial charge in [-0.3, -0.25) is 4.79 Å². The van der Waals surface area contributed by atoms with Gasteiger partial charge in [0.2, 0.25) is 5.91 Å². The van der Waals surface area contributed by atoms with Crippen molar-refractivity contribution in [1.29, 1.82) is 5.26 Å². The van der Waals surface area contributed by atoms with E-state index in [9.17, 15) is 10.1 Å². The standard InChI is InChI=1S/C28H31N3O/c1-20-17-28(13-14-30-20,24-10-5-4-6-11-24)18-27(32)31(3)21(2)26-16-22(19-29)15-23-9-7-8-12-25(23)26/h4-12,15-16,20-21,30H,13-14,17-18H2,1-3H3. The number of carbonyl (C=O) groups excluding carboxylic acids is 1. The fourth-order valence-corrected chi connectivity index (χ4v) is 5.22. The second kappa shape index (κ2) is 9.14. The van der Waals surface area contributed by atoms with Gasteiger partial charge in [0.05, 0.1) is 17.7 Å². The largest absolute Gasteiger partial charge is 0.339 e. The SMILES string of the molecule is CC1CC(CC(=O)N(C)C(C)c2cc(C#N)cc3ccccc23)(c2ccccc2)CCN1. The van der Waals surface area contributed by atoms with Crippen LogP contribution in [0.4, 0.5) is 0 Å². The third-order valence-corrected chi connectivity index (χ3v) is 7.12. The number of piperidine rings is 1. The van der Waals surface area contributed by atoms with E-state index in [4.69, 9.17) is 0 Å². The Bertz CT molecular complexity index is 1150. The molecular formula is C28H31N3O. The Morgan fingerprint density at radius 1 is 1.19 bits per heavy atom. The normalized spacial score (nSPS) is 21.6. The molecule has 0 radical (unpaired) electrons. The highest BCUT2D eigenvalue weighted by atomic mass is 16.2. The minimum absolute atomic E-state index is 0.132. The number of rotatable bonds is 5. The van der Waals surface area contributed by atoms with E-state index in [1.54, 1.807) is 0 Å². The van der Waals surface area contributed by atoms with Crippen molar-refractivity contribution in [1.82, 2.24) is 10.2 Å². The number of nitrogens with one attached hydrogen (secondary N) is 1. The van der Waals surface area contributed by atoms with Crippen LogP contribution in [0, 0.1) is 11.3 Å². The van der Waals surface area contributed by atoms with E-state index in [1.807, 2.05) is 48.3 Å². The van der Waals surface area contributed by atoms with Crippen LogP contribution in [0.5, 0.6) is 0 Å². The summed E-state index contributed by atoms with van der Waals surface area (Å²) in [6.07, 6.45) is 2.37. The van der Waals surface area contributed by atoms with Crippen LogP contribution in [-0.4, -0.2) is 30.4 Å². The molecule has 0 saturated carbocycles. The number of fused-ring (bicyclic) bond motifs is 1. The highest BCUT2D eigenvalue weighted by Crippen LogP contribution is 2.40. The van der Waals surface area contributed by atoms with Crippen molar-refractivity contribution < 1.29 is 4.79 Å². The van der Waals surface area contributed by atoms with Gasteiger partial charge in [0.1, 0.15) is 0 Å². The zero-order valence-corrected chi connectivity index (χ0v) is 19.1. The molecule has 0 aromatic heterocycles. The Kier molecular flexibility index (Phi) is 6.30. The van der Waals surface area contributed by atoms with E-state index in [0.29, 0.717) is 18.0 Å². The molecule has 0 bridgehead atoms. The van der Waals surface area contributed by atoms with E-state index < -0.39 is 0 Å². The molecule has 3 atom stereocenters. The molecule has 4 heteroatoms. The molecule has 0 aliphatic carbocycles. The van der Waals surface area contributed by atoms with Gasteiger partial charge < -0.3 is 10.2 Å². The van der Waals surface area contributed by atoms with Gasteiger partial charge in [0.25, 0.3) is 0 Å². The van der Waals surface area contributed by atoms with Crippen molar-refractivity contribution in [2.24, 2.45) is 0 Å².